The Bertz CT molecular complexity index is 904. The summed E-state index contributed by atoms with van der Waals surface area (Å²) in [5, 5.41) is 0.730. The van der Waals surface area contributed by atoms with Crippen molar-refractivity contribution < 1.29 is 19.2 Å². The van der Waals surface area contributed by atoms with Gasteiger partial charge in [0.2, 0.25) is 0 Å². The predicted octanol–water partition coefficient (Wildman–Crippen LogP) is 4.78. The summed E-state index contributed by atoms with van der Waals surface area (Å²) in [6.45, 7) is 0. The Labute approximate surface area is 199 Å². The van der Waals surface area contributed by atoms with Gasteiger partial charge < -0.3 is 4.84 Å². The van der Waals surface area contributed by atoms with Crippen LogP contribution in [0.5, 0.6) is 0 Å². The van der Waals surface area contributed by atoms with E-state index in [4.69, 9.17) is 86.0 Å². The molecule has 0 unspecified atom stereocenters. The summed E-state index contributed by atoms with van der Waals surface area (Å²) < 4.78 is -1.99. The number of hydroxylamine groups is 2. The van der Waals surface area contributed by atoms with Crippen LogP contribution < -0.4 is 5.32 Å². The van der Waals surface area contributed by atoms with Gasteiger partial charge >= 0.3 is 6.09 Å². The normalized spacial score (nSPS) is 39.6. The minimum Gasteiger partial charge on any atom is -0.311 e. The summed E-state index contributed by atoms with van der Waals surface area (Å²) in [5.41, 5.74) is 0.284. The fraction of sp³-hybridized carbons (Fsp3) is 0.438. The van der Waals surface area contributed by atoms with Crippen LogP contribution in [-0.4, -0.2) is 47.8 Å². The van der Waals surface area contributed by atoms with E-state index in [1.54, 1.807) is 12.1 Å². The number of hydrogen-bond acceptors (Lipinski definition) is 4. The quantitative estimate of drug-likeness (QED) is 0.432. The molecule has 1 N–H and O–H groups in total. The molecule has 3 aliphatic rings. The van der Waals surface area contributed by atoms with E-state index in [1.165, 1.54) is 12.1 Å². The number of alkyl halides is 6. The number of carbonyl (C=O) groups is 3. The topological polar surface area (TPSA) is 75.7 Å². The summed E-state index contributed by atoms with van der Waals surface area (Å²) in [7, 11) is 0. The van der Waals surface area contributed by atoms with E-state index in [2.05, 4.69) is 5.32 Å². The van der Waals surface area contributed by atoms with Gasteiger partial charge in [0.25, 0.3) is 11.8 Å². The van der Waals surface area contributed by atoms with Crippen LogP contribution in [0.15, 0.2) is 24.3 Å². The number of halogens is 7. The first-order valence-electron chi connectivity index (χ1n) is 8.05. The van der Waals surface area contributed by atoms with Gasteiger partial charge in [0.1, 0.15) is 9.75 Å². The molecule has 6 atom stereocenters. The molecule has 1 heterocycles. The van der Waals surface area contributed by atoms with Crippen molar-refractivity contribution in [2.24, 2.45) is 11.8 Å². The molecular weight excluding hydrogens is 532 g/mol. The molecule has 3 amide bonds. The van der Waals surface area contributed by atoms with Gasteiger partial charge in [-0.2, -0.15) is 0 Å². The number of rotatable bonds is 2. The highest BCUT2D eigenvalue weighted by Crippen LogP contribution is 2.76. The van der Waals surface area contributed by atoms with Crippen LogP contribution in [0, 0.1) is 11.8 Å². The maximum Gasteiger partial charge on any atom is 0.436 e. The molecule has 0 radical (unpaired) electrons. The van der Waals surface area contributed by atoms with Gasteiger partial charge in [0.05, 0.1) is 22.6 Å². The fourth-order valence-corrected chi connectivity index (χ4v) is 7.70. The Balaban J connectivity index is 1.62. The van der Waals surface area contributed by atoms with E-state index in [9.17, 15) is 14.4 Å². The average Bonchev–Trinajstić information content (AvgIpc) is 3.01. The van der Waals surface area contributed by atoms with E-state index in [0.29, 0.717) is 5.02 Å². The van der Waals surface area contributed by atoms with Crippen LogP contribution in [0.1, 0.15) is 0 Å². The molecule has 2 aliphatic carbocycles. The minimum absolute atomic E-state index is 0.283. The second-order valence-electron chi connectivity index (χ2n) is 6.85. The lowest BCUT2D eigenvalue weighted by Gasteiger charge is -2.35. The molecule has 156 valence electrons. The van der Waals surface area contributed by atoms with Crippen molar-refractivity contribution in [1.29, 1.82) is 0 Å². The second kappa shape index (κ2) is 6.83. The van der Waals surface area contributed by atoms with Crippen molar-refractivity contribution in [2.45, 2.75) is 24.8 Å². The molecule has 1 saturated heterocycles. The van der Waals surface area contributed by atoms with Crippen molar-refractivity contribution in [3.63, 3.8) is 0 Å². The van der Waals surface area contributed by atoms with Crippen molar-refractivity contribution in [3.8, 4) is 0 Å². The molecule has 6 nitrogen and oxygen atoms in total. The maximum absolute atomic E-state index is 12.9. The molecule has 29 heavy (non-hydrogen) atoms. The van der Waals surface area contributed by atoms with Crippen LogP contribution in [0.3, 0.4) is 0 Å². The van der Waals surface area contributed by atoms with Gasteiger partial charge in [-0.15, -0.1) is 51.5 Å². The number of fused-ring (bicyclic) bond motifs is 5. The highest BCUT2D eigenvalue weighted by atomic mass is 35.5. The van der Waals surface area contributed by atoms with Crippen molar-refractivity contribution in [3.05, 3.63) is 29.3 Å². The summed E-state index contributed by atoms with van der Waals surface area (Å²) in [6, 6.07) is 6.15. The third-order valence-electron chi connectivity index (χ3n) is 5.44. The van der Waals surface area contributed by atoms with Gasteiger partial charge in [-0.3, -0.25) is 14.9 Å². The van der Waals surface area contributed by atoms with E-state index in [-0.39, 0.29) is 10.8 Å². The number of nitrogens with zero attached hydrogens (tertiary/aromatic N) is 1. The smallest absolute Gasteiger partial charge is 0.311 e. The van der Waals surface area contributed by atoms with Crippen molar-refractivity contribution in [2.75, 3.05) is 5.32 Å². The second-order valence-corrected chi connectivity index (χ2v) is 10.8. The molecule has 0 spiro atoms. The monoisotopic (exact) mass is 538 g/mol. The van der Waals surface area contributed by atoms with Crippen LogP contribution in [-0.2, 0) is 14.4 Å². The number of benzene rings is 1. The lowest BCUT2D eigenvalue weighted by atomic mass is 9.79. The summed E-state index contributed by atoms with van der Waals surface area (Å²) in [5.74, 6) is -4.56. The molecule has 3 fully saturated rings. The van der Waals surface area contributed by atoms with Crippen LogP contribution in [0.4, 0.5) is 10.5 Å². The van der Waals surface area contributed by atoms with Crippen LogP contribution in [0.2, 0.25) is 5.02 Å². The van der Waals surface area contributed by atoms with Gasteiger partial charge in [0, 0.05) is 10.7 Å². The minimum atomic E-state index is -1.99. The number of nitrogens with one attached hydrogen (secondary N) is 1. The van der Waals surface area contributed by atoms with Crippen LogP contribution >= 0.6 is 81.2 Å². The molecule has 0 aromatic heterocycles. The lowest BCUT2D eigenvalue weighted by Crippen LogP contribution is -2.51. The zero-order valence-corrected chi connectivity index (χ0v) is 19.1. The molecule has 2 bridgehead atoms. The molecule has 2 saturated carbocycles. The SMILES string of the molecule is O=C(Nc1cccc(Cl)c1)ON1C(=O)[C@@H]2[C@H](C1=O)[C@]1(Cl)[C@H](Cl)[C@H](Cl)[C@]2(Cl)C1(Cl)Cl. The van der Waals surface area contributed by atoms with Crippen molar-refractivity contribution in [1.82, 2.24) is 5.06 Å². The maximum atomic E-state index is 12.9. The first-order valence-corrected chi connectivity index (χ1v) is 10.8. The fourth-order valence-electron chi connectivity index (χ4n) is 4.17. The van der Waals surface area contributed by atoms with Crippen molar-refractivity contribution >= 4 is 105 Å². The van der Waals surface area contributed by atoms with E-state index >= 15 is 0 Å². The number of anilines is 1. The average molecular weight is 541 g/mol. The van der Waals surface area contributed by atoms with E-state index < -0.39 is 54.6 Å². The van der Waals surface area contributed by atoms with E-state index in [1.807, 2.05) is 0 Å². The molecule has 4 rings (SSSR count). The summed E-state index contributed by atoms with van der Waals surface area (Å²) in [4.78, 5) is 39.3. The van der Waals surface area contributed by atoms with Crippen LogP contribution in [0.25, 0.3) is 0 Å². The highest BCUT2D eigenvalue weighted by Gasteiger charge is 2.91. The predicted molar refractivity (Wildman–Crippen MR) is 111 cm³/mol. The zero-order chi connectivity index (χ0) is 21.5. The summed E-state index contributed by atoms with van der Waals surface area (Å²) in [6.07, 6.45) is -1.11. The number of hydrogen-bond donors (Lipinski definition) is 1. The first kappa shape index (κ1) is 21.9. The number of carbonyl (C=O) groups excluding carboxylic acids is 3. The van der Waals surface area contributed by atoms with Gasteiger partial charge in [-0.25, -0.2) is 4.79 Å². The molecular formula is C16H9Cl7N2O4. The number of imide groups is 1. The van der Waals surface area contributed by atoms with Gasteiger partial charge in [-0.05, 0) is 18.2 Å². The third kappa shape index (κ3) is 2.60. The first-order chi connectivity index (χ1) is 13.4. The van der Waals surface area contributed by atoms with E-state index in [0.717, 1.165) is 0 Å². The molecule has 1 aromatic rings. The molecule has 1 aromatic carbocycles. The lowest BCUT2D eigenvalue weighted by molar-refractivity contribution is -0.173. The van der Waals surface area contributed by atoms with Gasteiger partial charge in [-0.1, -0.05) is 40.9 Å². The Morgan fingerprint density at radius 1 is 1.00 bits per heavy atom. The third-order valence-corrected chi connectivity index (χ3v) is 10.4. The Kier molecular flexibility index (Phi) is 5.15. The Morgan fingerprint density at radius 3 is 2.00 bits per heavy atom. The number of amides is 3. The molecule has 13 heteroatoms. The van der Waals surface area contributed by atoms with Gasteiger partial charge in [0.15, 0.2) is 4.33 Å². The Hall–Kier alpha value is -0.340. The Morgan fingerprint density at radius 2 is 1.52 bits per heavy atom. The highest BCUT2D eigenvalue weighted by molar-refractivity contribution is 6.63. The largest absolute Gasteiger partial charge is 0.436 e. The standard InChI is InChI=1S/C16H9Cl7N2O4/c17-5-2-1-3-6(4-5)24-13(28)29-25-11(26)7-8(12(25)27)15(21)10(19)9(18)14(7,20)16(15,22)23/h1-4,7-10H,(H,24,28)/t7-,8+,9-,10+,14-,15-/m0/s1. The zero-order valence-electron chi connectivity index (χ0n) is 13.8. The molecule has 1 aliphatic heterocycles. The summed E-state index contributed by atoms with van der Waals surface area (Å²) >= 11 is 44.4.